The van der Waals surface area contributed by atoms with Gasteiger partial charge in [0.2, 0.25) is 5.91 Å². The molecule has 1 aliphatic rings. The molecule has 0 unspecified atom stereocenters. The predicted octanol–water partition coefficient (Wildman–Crippen LogP) is 1.68. The molecule has 0 aliphatic carbocycles. The fourth-order valence-corrected chi connectivity index (χ4v) is 2.99. The number of piperazine rings is 1. The number of nitrogens with zero attached hydrogens (tertiary/aromatic N) is 3. The number of carbonyl (C=O) groups is 1. The molecule has 2 rings (SSSR count). The highest BCUT2D eigenvalue weighted by atomic mass is 16.2. The van der Waals surface area contributed by atoms with Gasteiger partial charge in [-0.25, -0.2) is 4.99 Å². The molecule has 2 N–H and O–H groups in total. The van der Waals surface area contributed by atoms with Gasteiger partial charge < -0.3 is 15.5 Å². The minimum absolute atomic E-state index is 0.0457. The van der Waals surface area contributed by atoms with E-state index in [4.69, 9.17) is 0 Å². The first kappa shape index (κ1) is 20.2. The van der Waals surface area contributed by atoms with E-state index >= 15 is 0 Å². The molecule has 1 aliphatic heterocycles. The van der Waals surface area contributed by atoms with Crippen LogP contribution in [0.2, 0.25) is 0 Å². The van der Waals surface area contributed by atoms with Gasteiger partial charge in [-0.3, -0.25) is 9.69 Å². The highest BCUT2D eigenvalue weighted by Crippen LogP contribution is 2.08. The summed E-state index contributed by atoms with van der Waals surface area (Å²) in [5.74, 6) is 0.784. The Hall–Kier alpha value is -2.08. The van der Waals surface area contributed by atoms with Crippen molar-refractivity contribution in [1.29, 1.82) is 0 Å². The summed E-state index contributed by atoms with van der Waals surface area (Å²) >= 11 is 0. The molecule has 1 aromatic carbocycles. The molecule has 26 heavy (non-hydrogen) atoms. The normalized spacial score (nSPS) is 16.5. The van der Waals surface area contributed by atoms with E-state index in [2.05, 4.69) is 62.7 Å². The van der Waals surface area contributed by atoms with E-state index in [-0.39, 0.29) is 18.0 Å². The van der Waals surface area contributed by atoms with Crippen LogP contribution in [0.25, 0.3) is 0 Å². The summed E-state index contributed by atoms with van der Waals surface area (Å²) in [7, 11) is 0. The summed E-state index contributed by atoms with van der Waals surface area (Å²) in [6, 6.07) is 10.6. The second kappa shape index (κ2) is 9.57. The van der Waals surface area contributed by atoms with Crippen LogP contribution in [0.3, 0.4) is 0 Å². The van der Waals surface area contributed by atoms with Gasteiger partial charge in [0, 0.05) is 44.8 Å². The molecule has 6 nitrogen and oxygen atoms in total. The first-order valence-corrected chi connectivity index (χ1v) is 9.48. The highest BCUT2D eigenvalue weighted by Gasteiger charge is 2.20. The monoisotopic (exact) mass is 359 g/mol. The molecule has 1 heterocycles. The number of benzene rings is 1. The van der Waals surface area contributed by atoms with Crippen molar-refractivity contribution in [3.8, 4) is 0 Å². The molecule has 0 saturated carbocycles. The summed E-state index contributed by atoms with van der Waals surface area (Å²) < 4.78 is 0. The van der Waals surface area contributed by atoms with Gasteiger partial charge in [0.05, 0.1) is 0 Å². The minimum Gasteiger partial charge on any atom is -0.357 e. The zero-order chi connectivity index (χ0) is 19.0. The lowest BCUT2D eigenvalue weighted by molar-refractivity contribution is -0.121. The van der Waals surface area contributed by atoms with Gasteiger partial charge in [-0.1, -0.05) is 30.3 Å². The van der Waals surface area contributed by atoms with Crippen LogP contribution in [0.15, 0.2) is 35.3 Å². The Morgan fingerprint density at radius 3 is 2.35 bits per heavy atom. The summed E-state index contributed by atoms with van der Waals surface area (Å²) in [6.07, 6.45) is 0. The summed E-state index contributed by atoms with van der Waals surface area (Å²) in [5, 5.41) is 6.27. The molecule has 0 radical (unpaired) electrons. The van der Waals surface area contributed by atoms with Crippen molar-refractivity contribution in [2.45, 2.75) is 39.8 Å². The third-order valence-corrected chi connectivity index (χ3v) is 4.14. The minimum atomic E-state index is -0.228. The lowest BCUT2D eigenvalue weighted by atomic mass is 10.1. The second-order valence-corrected chi connectivity index (χ2v) is 7.72. The zero-order valence-electron chi connectivity index (χ0n) is 16.6. The van der Waals surface area contributed by atoms with Crippen molar-refractivity contribution in [2.24, 2.45) is 4.99 Å². The Labute approximate surface area is 157 Å². The number of hydrogen-bond donors (Lipinski definition) is 2. The van der Waals surface area contributed by atoms with E-state index in [1.165, 1.54) is 5.56 Å². The van der Waals surface area contributed by atoms with E-state index < -0.39 is 0 Å². The SMILES string of the molecule is CCNC(=NCC(=O)NC(C)(C)C)N1CCN(Cc2ccccc2)CC1. The Morgan fingerprint density at radius 2 is 1.77 bits per heavy atom. The van der Waals surface area contributed by atoms with Gasteiger partial charge in [-0.15, -0.1) is 0 Å². The number of carbonyl (C=O) groups excluding carboxylic acids is 1. The van der Waals surface area contributed by atoms with Crippen LogP contribution in [0.1, 0.15) is 33.3 Å². The van der Waals surface area contributed by atoms with E-state index in [1.807, 2.05) is 20.8 Å². The van der Waals surface area contributed by atoms with Crippen molar-refractivity contribution < 1.29 is 4.79 Å². The average molecular weight is 360 g/mol. The van der Waals surface area contributed by atoms with Gasteiger partial charge in [0.15, 0.2) is 5.96 Å². The number of hydrogen-bond acceptors (Lipinski definition) is 3. The third kappa shape index (κ3) is 7.04. The highest BCUT2D eigenvalue weighted by molar-refractivity contribution is 5.85. The molecule has 1 aromatic rings. The molecular weight excluding hydrogens is 326 g/mol. The van der Waals surface area contributed by atoms with Crippen LogP contribution < -0.4 is 10.6 Å². The van der Waals surface area contributed by atoms with Crippen molar-refractivity contribution in [1.82, 2.24) is 20.4 Å². The van der Waals surface area contributed by atoms with Gasteiger partial charge in [0.25, 0.3) is 0 Å². The fourth-order valence-electron chi connectivity index (χ4n) is 2.99. The van der Waals surface area contributed by atoms with Crippen molar-refractivity contribution >= 4 is 11.9 Å². The Bertz CT molecular complexity index is 586. The van der Waals surface area contributed by atoms with Crippen LogP contribution in [0, 0.1) is 0 Å². The Morgan fingerprint density at radius 1 is 1.12 bits per heavy atom. The van der Waals surface area contributed by atoms with E-state index in [0.717, 1.165) is 45.2 Å². The fraction of sp³-hybridized carbons (Fsp3) is 0.600. The molecule has 144 valence electrons. The summed E-state index contributed by atoms with van der Waals surface area (Å²) in [5.41, 5.74) is 1.12. The van der Waals surface area contributed by atoms with Gasteiger partial charge in [-0.05, 0) is 33.3 Å². The number of rotatable bonds is 5. The molecule has 1 saturated heterocycles. The van der Waals surface area contributed by atoms with Crippen molar-refractivity contribution in [3.63, 3.8) is 0 Å². The predicted molar refractivity (Wildman–Crippen MR) is 107 cm³/mol. The van der Waals surface area contributed by atoms with Crippen LogP contribution >= 0.6 is 0 Å². The lowest BCUT2D eigenvalue weighted by Gasteiger charge is -2.36. The second-order valence-electron chi connectivity index (χ2n) is 7.72. The van der Waals surface area contributed by atoms with Gasteiger partial charge in [-0.2, -0.15) is 0 Å². The molecule has 0 spiro atoms. The summed E-state index contributed by atoms with van der Waals surface area (Å²) in [6.45, 7) is 13.7. The Balaban J connectivity index is 1.86. The van der Waals surface area contributed by atoms with E-state index in [1.54, 1.807) is 0 Å². The molecule has 1 fully saturated rings. The number of guanidine groups is 1. The van der Waals surface area contributed by atoms with Crippen molar-refractivity contribution in [3.05, 3.63) is 35.9 Å². The number of aliphatic imine (C=N–C) groups is 1. The van der Waals surface area contributed by atoms with Crippen LogP contribution in [0.5, 0.6) is 0 Å². The molecule has 0 bridgehead atoms. The first-order valence-electron chi connectivity index (χ1n) is 9.48. The van der Waals surface area contributed by atoms with Gasteiger partial charge in [0.1, 0.15) is 6.54 Å². The maximum atomic E-state index is 12.0. The largest absolute Gasteiger partial charge is 0.357 e. The number of nitrogens with one attached hydrogen (secondary N) is 2. The third-order valence-electron chi connectivity index (χ3n) is 4.14. The van der Waals surface area contributed by atoms with Crippen LogP contribution in [-0.4, -0.2) is 66.5 Å². The Kier molecular flexibility index (Phi) is 7.45. The van der Waals surface area contributed by atoms with Gasteiger partial charge >= 0.3 is 0 Å². The quantitative estimate of drug-likeness (QED) is 0.620. The first-order chi connectivity index (χ1) is 12.4. The van der Waals surface area contributed by atoms with Crippen LogP contribution in [0.4, 0.5) is 0 Å². The molecular formula is C20H33N5O. The van der Waals surface area contributed by atoms with E-state index in [0.29, 0.717) is 0 Å². The van der Waals surface area contributed by atoms with Crippen LogP contribution in [-0.2, 0) is 11.3 Å². The standard InChI is InChI=1S/C20H33N5O/c1-5-21-19(22-15-18(26)23-20(2,3)4)25-13-11-24(12-14-25)16-17-9-7-6-8-10-17/h6-10H,5,11-16H2,1-4H3,(H,21,22)(H,23,26). The zero-order valence-corrected chi connectivity index (χ0v) is 16.6. The molecule has 0 aromatic heterocycles. The lowest BCUT2D eigenvalue weighted by Crippen LogP contribution is -2.52. The topological polar surface area (TPSA) is 60.0 Å². The summed E-state index contributed by atoms with van der Waals surface area (Å²) in [4.78, 5) is 21.3. The smallest absolute Gasteiger partial charge is 0.242 e. The molecule has 6 heteroatoms. The van der Waals surface area contributed by atoms with E-state index in [9.17, 15) is 4.79 Å². The van der Waals surface area contributed by atoms with Crippen molar-refractivity contribution in [2.75, 3.05) is 39.3 Å². The maximum Gasteiger partial charge on any atom is 0.242 e. The number of amides is 1. The average Bonchev–Trinajstić information content (AvgIpc) is 2.59. The molecule has 1 amide bonds. The molecule has 0 atom stereocenters. The maximum absolute atomic E-state index is 12.0.